The fraction of sp³-hybridized carbons (Fsp3) is 0.611. The Morgan fingerprint density at radius 3 is 2.24 bits per heavy atom. The van der Waals surface area contributed by atoms with Gasteiger partial charge >= 0.3 is 0 Å². The van der Waals surface area contributed by atoms with Crippen molar-refractivity contribution in [1.82, 2.24) is 10.2 Å². The summed E-state index contributed by atoms with van der Waals surface area (Å²) >= 11 is 0. The summed E-state index contributed by atoms with van der Waals surface area (Å²) in [5.41, 5.74) is 0.626. The van der Waals surface area contributed by atoms with Gasteiger partial charge < -0.3 is 10.2 Å². The number of hydrogen-bond acceptors (Lipinski definition) is 2. The van der Waals surface area contributed by atoms with Crippen molar-refractivity contribution in [3.8, 4) is 0 Å². The smallest absolute Gasteiger partial charge is 0.247 e. The van der Waals surface area contributed by atoms with E-state index in [1.807, 2.05) is 85.8 Å². The van der Waals surface area contributed by atoms with Gasteiger partial charge in [-0.2, -0.15) is 0 Å². The van der Waals surface area contributed by atoms with Crippen molar-refractivity contribution in [3.63, 3.8) is 0 Å². The summed E-state index contributed by atoms with van der Waals surface area (Å²) in [6, 6.07) is 0. The average molecular weight is 294 g/mol. The van der Waals surface area contributed by atoms with Crippen molar-refractivity contribution in [2.24, 2.45) is 0 Å². The minimum atomic E-state index is -0.438. The van der Waals surface area contributed by atoms with Crippen LogP contribution in [0.4, 0.5) is 0 Å². The van der Waals surface area contributed by atoms with Crippen LogP contribution < -0.4 is 5.32 Å². The number of carbonyl (C=O) groups is 1. The lowest BCUT2D eigenvalue weighted by Crippen LogP contribution is -2.44. The van der Waals surface area contributed by atoms with Gasteiger partial charge in [0, 0.05) is 5.70 Å². The highest BCUT2D eigenvalue weighted by Crippen LogP contribution is 2.28. The Morgan fingerprint density at radius 1 is 1.24 bits per heavy atom. The summed E-state index contributed by atoms with van der Waals surface area (Å²) in [5, 5.41) is 2.91. The van der Waals surface area contributed by atoms with Crippen LogP contribution in [0.2, 0.25) is 0 Å². The maximum Gasteiger partial charge on any atom is 0.247 e. The molecule has 0 aliphatic carbocycles. The highest BCUT2D eigenvalue weighted by Gasteiger charge is 2.43. The van der Waals surface area contributed by atoms with Gasteiger partial charge in [0.15, 0.2) is 0 Å². The van der Waals surface area contributed by atoms with Gasteiger partial charge in [-0.1, -0.05) is 52.8 Å². The number of nitrogens with zero attached hydrogens (tertiary/aromatic N) is 1. The van der Waals surface area contributed by atoms with Gasteiger partial charge in [-0.3, -0.25) is 4.79 Å². The Labute approximate surface area is 131 Å². The highest BCUT2D eigenvalue weighted by molar-refractivity contribution is 5.88. The van der Waals surface area contributed by atoms with Crippen LogP contribution in [0.15, 0.2) is 36.1 Å². The third-order valence-corrected chi connectivity index (χ3v) is 3.28. The maximum absolute atomic E-state index is 11.9. The zero-order valence-electron chi connectivity index (χ0n) is 15.2. The molecule has 1 aliphatic rings. The number of amides is 1. The van der Waals surface area contributed by atoms with Crippen molar-refractivity contribution in [2.45, 2.75) is 67.3 Å². The first-order valence-electron chi connectivity index (χ1n) is 8.11. The van der Waals surface area contributed by atoms with Crippen LogP contribution in [0.5, 0.6) is 0 Å². The molecule has 122 valence electrons. The topological polar surface area (TPSA) is 32.3 Å². The minimum absolute atomic E-state index is 0.107. The molecule has 0 spiro atoms. The van der Waals surface area contributed by atoms with Gasteiger partial charge in [0.2, 0.25) is 5.91 Å². The molecule has 1 fully saturated rings. The number of allylic oxidation sites excluding steroid dienone is 5. The molecular weight excluding hydrogens is 260 g/mol. The minimum Gasteiger partial charge on any atom is -0.339 e. The van der Waals surface area contributed by atoms with Gasteiger partial charge in [-0.15, -0.1) is 0 Å². The number of carbonyl (C=O) groups excluding carboxylic acids is 1. The molecule has 1 heterocycles. The number of nitrogens with one attached hydrogen (secondary N) is 1. The van der Waals surface area contributed by atoms with Crippen molar-refractivity contribution >= 4 is 5.91 Å². The maximum atomic E-state index is 11.9. The van der Waals surface area contributed by atoms with Crippen LogP contribution in [-0.2, 0) is 4.79 Å². The van der Waals surface area contributed by atoms with Crippen LogP contribution >= 0.6 is 0 Å². The van der Waals surface area contributed by atoms with E-state index >= 15 is 0 Å². The third-order valence-electron chi connectivity index (χ3n) is 3.28. The van der Waals surface area contributed by atoms with Gasteiger partial charge in [0.25, 0.3) is 0 Å². The fourth-order valence-corrected chi connectivity index (χ4v) is 1.97. The molecule has 0 aromatic carbocycles. The molecule has 3 heteroatoms. The van der Waals surface area contributed by atoms with E-state index in [2.05, 4.69) is 10.2 Å². The van der Waals surface area contributed by atoms with E-state index in [4.69, 9.17) is 0 Å². The third kappa shape index (κ3) is 5.78. The summed E-state index contributed by atoms with van der Waals surface area (Å²) < 4.78 is 0. The Balaban J connectivity index is 0. The monoisotopic (exact) mass is 294 g/mol. The molecule has 0 bridgehead atoms. The van der Waals surface area contributed by atoms with E-state index in [-0.39, 0.29) is 5.91 Å². The van der Waals surface area contributed by atoms with E-state index in [1.54, 1.807) is 0 Å². The van der Waals surface area contributed by atoms with Crippen LogP contribution in [0, 0.1) is 0 Å². The lowest BCUT2D eigenvalue weighted by atomic mass is 9.96. The summed E-state index contributed by atoms with van der Waals surface area (Å²) in [6.45, 7) is 16.6. The second-order valence-corrected chi connectivity index (χ2v) is 4.34. The summed E-state index contributed by atoms with van der Waals surface area (Å²) in [4.78, 5) is 14.0. The standard InChI is InChI=1S/C14H22N2O.2C2H6/c1-5-8-10-12(9-6-2)16-11-15-13(17)14(16,4)7-3;2*1-2/h5-6,8-10H,7,11H2,1-4H3,(H,15,17);2*1-2H3/b8-5-,9-6-,12-10+;;. The summed E-state index contributed by atoms with van der Waals surface area (Å²) in [5.74, 6) is 0.107. The van der Waals surface area contributed by atoms with E-state index < -0.39 is 5.54 Å². The summed E-state index contributed by atoms with van der Waals surface area (Å²) in [7, 11) is 0. The molecule has 1 unspecified atom stereocenters. The zero-order chi connectivity index (χ0) is 16.9. The predicted molar refractivity (Wildman–Crippen MR) is 94.0 cm³/mol. The molecule has 1 aliphatic heterocycles. The SMILES string of the molecule is CC.CC.C\C=C/C=C(\C=C/C)N1CNC(=O)C1(C)CC. The molecule has 0 aromatic rings. The molecule has 1 rings (SSSR count). The fourth-order valence-electron chi connectivity index (χ4n) is 1.97. The Morgan fingerprint density at radius 2 is 1.81 bits per heavy atom. The zero-order valence-corrected chi connectivity index (χ0v) is 15.2. The second kappa shape index (κ2) is 12.2. The molecule has 21 heavy (non-hydrogen) atoms. The Kier molecular flexibility index (Phi) is 12.7. The van der Waals surface area contributed by atoms with Gasteiger partial charge in [-0.05, 0) is 39.3 Å². The summed E-state index contributed by atoms with van der Waals surface area (Å²) in [6.07, 6.45) is 10.8. The van der Waals surface area contributed by atoms with E-state index in [0.717, 1.165) is 12.1 Å². The lowest BCUT2D eigenvalue weighted by Gasteiger charge is -2.33. The van der Waals surface area contributed by atoms with Gasteiger partial charge in [0.05, 0.1) is 6.67 Å². The van der Waals surface area contributed by atoms with Crippen LogP contribution in [0.1, 0.15) is 61.8 Å². The molecule has 0 saturated carbocycles. The quantitative estimate of drug-likeness (QED) is 0.766. The molecule has 1 saturated heterocycles. The lowest BCUT2D eigenvalue weighted by molar-refractivity contribution is -0.125. The first kappa shape index (κ1) is 21.8. The number of hydrogen-bond donors (Lipinski definition) is 1. The van der Waals surface area contributed by atoms with Crippen molar-refractivity contribution in [1.29, 1.82) is 0 Å². The van der Waals surface area contributed by atoms with Gasteiger partial charge in [0.1, 0.15) is 5.54 Å². The Bertz CT molecular complexity index is 369. The Hall–Kier alpha value is -1.51. The first-order valence-corrected chi connectivity index (χ1v) is 8.11. The average Bonchev–Trinajstić information content (AvgIpc) is 2.84. The second-order valence-electron chi connectivity index (χ2n) is 4.34. The predicted octanol–water partition coefficient (Wildman–Crippen LogP) is 4.63. The molecule has 0 aromatic heterocycles. The van der Waals surface area contributed by atoms with Crippen LogP contribution in [0.3, 0.4) is 0 Å². The molecule has 1 atom stereocenters. The molecular formula is C18H34N2O. The van der Waals surface area contributed by atoms with Crippen molar-refractivity contribution < 1.29 is 4.79 Å². The highest BCUT2D eigenvalue weighted by atomic mass is 16.2. The van der Waals surface area contributed by atoms with Crippen LogP contribution in [-0.4, -0.2) is 23.0 Å². The van der Waals surface area contributed by atoms with E-state index in [9.17, 15) is 4.79 Å². The van der Waals surface area contributed by atoms with Crippen molar-refractivity contribution in [3.05, 3.63) is 36.1 Å². The first-order chi connectivity index (χ1) is 10.1. The van der Waals surface area contributed by atoms with E-state index in [1.165, 1.54) is 0 Å². The van der Waals surface area contributed by atoms with E-state index in [0.29, 0.717) is 6.67 Å². The molecule has 0 radical (unpaired) electrons. The molecule has 3 nitrogen and oxygen atoms in total. The number of rotatable bonds is 4. The molecule has 1 amide bonds. The van der Waals surface area contributed by atoms with Crippen LogP contribution in [0.25, 0.3) is 0 Å². The van der Waals surface area contributed by atoms with Crippen molar-refractivity contribution in [2.75, 3.05) is 6.67 Å². The largest absolute Gasteiger partial charge is 0.339 e. The molecule has 1 N–H and O–H groups in total. The normalized spacial score (nSPS) is 21.8. The van der Waals surface area contributed by atoms with Gasteiger partial charge in [-0.25, -0.2) is 0 Å².